The van der Waals surface area contributed by atoms with Gasteiger partial charge in [0.15, 0.2) is 0 Å². The minimum Gasteiger partial charge on any atom is -0.497 e. The summed E-state index contributed by atoms with van der Waals surface area (Å²) < 4.78 is 11.3. The van der Waals surface area contributed by atoms with Crippen molar-refractivity contribution in [3.05, 3.63) is 28.2 Å². The molecule has 1 aromatic carbocycles. The normalized spacial score (nSPS) is 14.3. The van der Waals surface area contributed by atoms with E-state index in [0.717, 1.165) is 22.2 Å². The molecule has 0 aliphatic carbocycles. The van der Waals surface area contributed by atoms with Crippen LogP contribution in [-0.4, -0.2) is 32.0 Å². The molecule has 0 heterocycles. The highest BCUT2D eigenvalue weighted by atomic mass is 79.9. The van der Waals surface area contributed by atoms with E-state index < -0.39 is 0 Å². The molecule has 0 saturated heterocycles. The summed E-state index contributed by atoms with van der Waals surface area (Å²) in [7, 11) is 3.33. The summed E-state index contributed by atoms with van der Waals surface area (Å²) in [5, 5.41) is 10.1. The molecule has 4 heteroatoms. The quantitative estimate of drug-likeness (QED) is 0.840. The van der Waals surface area contributed by atoms with Crippen LogP contribution in [0.1, 0.15) is 18.9 Å². The van der Waals surface area contributed by atoms with E-state index in [1.807, 2.05) is 18.2 Å². The molecular formula is C14H21BrO3. The predicted octanol–water partition coefficient (Wildman–Crippen LogP) is 3.03. The van der Waals surface area contributed by atoms with Gasteiger partial charge in [-0.3, -0.25) is 0 Å². The Kier molecular flexibility index (Phi) is 6.68. The van der Waals surface area contributed by atoms with Gasteiger partial charge in [0.25, 0.3) is 0 Å². The zero-order chi connectivity index (χ0) is 13.5. The zero-order valence-electron chi connectivity index (χ0n) is 11.1. The Hall–Kier alpha value is -0.580. The Morgan fingerprint density at radius 2 is 2.06 bits per heavy atom. The van der Waals surface area contributed by atoms with Gasteiger partial charge in [-0.05, 0) is 42.5 Å². The Balaban J connectivity index is 2.60. The summed E-state index contributed by atoms with van der Waals surface area (Å²) in [5.74, 6) is 1.17. The lowest BCUT2D eigenvalue weighted by Crippen LogP contribution is -2.17. The van der Waals surface area contributed by atoms with Crippen molar-refractivity contribution in [1.82, 2.24) is 0 Å². The molecule has 0 aromatic heterocycles. The molecule has 3 nitrogen and oxygen atoms in total. The maximum absolute atomic E-state index is 10.1. The molecule has 0 radical (unpaired) electrons. The van der Waals surface area contributed by atoms with E-state index in [1.54, 1.807) is 14.2 Å². The van der Waals surface area contributed by atoms with Crippen LogP contribution in [0.3, 0.4) is 0 Å². The van der Waals surface area contributed by atoms with E-state index in [-0.39, 0.29) is 6.10 Å². The molecular weight excluding hydrogens is 296 g/mol. The highest BCUT2D eigenvalue weighted by Crippen LogP contribution is 2.24. The van der Waals surface area contributed by atoms with Crippen LogP contribution in [0.25, 0.3) is 0 Å². The molecule has 0 saturated carbocycles. The van der Waals surface area contributed by atoms with E-state index in [1.165, 1.54) is 0 Å². The molecule has 1 N–H and O–H groups in total. The molecule has 0 aliphatic rings. The molecule has 1 aromatic rings. The van der Waals surface area contributed by atoms with Crippen molar-refractivity contribution in [2.24, 2.45) is 5.92 Å². The first-order valence-corrected chi connectivity index (χ1v) is 6.85. The minimum atomic E-state index is -0.362. The standard InChI is InChI=1S/C14H21BrO3/c1-10(9-17-2)6-12(16)7-11-8-13(18-3)4-5-14(11)15/h4-5,8,10,12,16H,6-7,9H2,1-3H3. The third kappa shape index (κ3) is 4.96. The van der Waals surface area contributed by atoms with E-state index in [2.05, 4.69) is 22.9 Å². The topological polar surface area (TPSA) is 38.7 Å². The van der Waals surface area contributed by atoms with Crippen molar-refractivity contribution in [2.45, 2.75) is 25.9 Å². The summed E-state index contributed by atoms with van der Waals surface area (Å²) in [6.45, 7) is 2.75. The highest BCUT2D eigenvalue weighted by Gasteiger charge is 2.13. The van der Waals surface area contributed by atoms with Crippen molar-refractivity contribution in [3.8, 4) is 5.75 Å². The minimum absolute atomic E-state index is 0.356. The maximum atomic E-state index is 10.1. The van der Waals surface area contributed by atoms with Gasteiger partial charge in [-0.1, -0.05) is 22.9 Å². The summed E-state index contributed by atoms with van der Waals surface area (Å²) in [6, 6.07) is 5.79. The molecule has 2 atom stereocenters. The average molecular weight is 317 g/mol. The molecule has 2 unspecified atom stereocenters. The van der Waals surface area contributed by atoms with Crippen LogP contribution in [-0.2, 0) is 11.2 Å². The number of halogens is 1. The van der Waals surface area contributed by atoms with Gasteiger partial charge < -0.3 is 14.6 Å². The summed E-state index contributed by atoms with van der Waals surface area (Å²) in [5.41, 5.74) is 1.06. The Bertz CT molecular complexity index is 368. The Morgan fingerprint density at radius 1 is 1.33 bits per heavy atom. The molecule has 18 heavy (non-hydrogen) atoms. The summed E-state index contributed by atoms with van der Waals surface area (Å²) in [6.07, 6.45) is 0.988. The molecule has 0 aliphatic heterocycles. The largest absolute Gasteiger partial charge is 0.497 e. The lowest BCUT2D eigenvalue weighted by Gasteiger charge is -2.17. The van der Waals surface area contributed by atoms with Crippen molar-refractivity contribution in [2.75, 3.05) is 20.8 Å². The summed E-state index contributed by atoms with van der Waals surface area (Å²) in [4.78, 5) is 0. The van der Waals surface area contributed by atoms with Crippen molar-refractivity contribution in [3.63, 3.8) is 0 Å². The van der Waals surface area contributed by atoms with Gasteiger partial charge in [0.2, 0.25) is 0 Å². The van der Waals surface area contributed by atoms with Gasteiger partial charge in [-0.15, -0.1) is 0 Å². The zero-order valence-corrected chi connectivity index (χ0v) is 12.7. The first-order valence-electron chi connectivity index (χ1n) is 6.06. The van der Waals surface area contributed by atoms with Gasteiger partial charge >= 0.3 is 0 Å². The fourth-order valence-electron chi connectivity index (χ4n) is 1.99. The number of ether oxygens (including phenoxy) is 2. The van der Waals surface area contributed by atoms with Crippen LogP contribution in [0.15, 0.2) is 22.7 Å². The highest BCUT2D eigenvalue weighted by molar-refractivity contribution is 9.10. The van der Waals surface area contributed by atoms with Gasteiger partial charge in [-0.2, -0.15) is 0 Å². The molecule has 0 bridgehead atoms. The second-order valence-electron chi connectivity index (χ2n) is 4.61. The first kappa shape index (κ1) is 15.5. The SMILES string of the molecule is COCC(C)CC(O)Cc1cc(OC)ccc1Br. The van der Waals surface area contributed by atoms with Crippen molar-refractivity contribution < 1.29 is 14.6 Å². The van der Waals surface area contributed by atoms with Crippen LogP contribution >= 0.6 is 15.9 Å². The van der Waals surface area contributed by atoms with Gasteiger partial charge in [0, 0.05) is 18.2 Å². The molecule has 0 spiro atoms. The van der Waals surface area contributed by atoms with E-state index in [0.29, 0.717) is 18.9 Å². The van der Waals surface area contributed by atoms with Crippen molar-refractivity contribution in [1.29, 1.82) is 0 Å². The third-order valence-corrected chi connectivity index (χ3v) is 3.61. The molecule has 102 valence electrons. The van der Waals surface area contributed by atoms with Crippen LogP contribution in [0.5, 0.6) is 5.75 Å². The maximum Gasteiger partial charge on any atom is 0.119 e. The third-order valence-electron chi connectivity index (χ3n) is 2.83. The first-order chi connectivity index (χ1) is 8.56. The van der Waals surface area contributed by atoms with Gasteiger partial charge in [0.1, 0.15) is 5.75 Å². The van der Waals surface area contributed by atoms with Crippen LogP contribution < -0.4 is 4.74 Å². The second kappa shape index (κ2) is 7.77. The van der Waals surface area contributed by atoms with E-state index in [9.17, 15) is 5.11 Å². The van der Waals surface area contributed by atoms with Crippen LogP contribution in [0, 0.1) is 5.92 Å². The summed E-state index contributed by atoms with van der Waals surface area (Å²) >= 11 is 3.49. The number of aliphatic hydroxyl groups excluding tert-OH is 1. The number of rotatable bonds is 7. The van der Waals surface area contributed by atoms with E-state index >= 15 is 0 Å². The average Bonchev–Trinajstić information content (AvgIpc) is 2.32. The molecule has 0 fully saturated rings. The number of hydrogen-bond acceptors (Lipinski definition) is 3. The lowest BCUT2D eigenvalue weighted by molar-refractivity contribution is 0.101. The Labute approximate surface area is 117 Å². The fourth-order valence-corrected chi connectivity index (χ4v) is 2.40. The van der Waals surface area contributed by atoms with E-state index in [4.69, 9.17) is 9.47 Å². The van der Waals surface area contributed by atoms with Gasteiger partial charge in [0.05, 0.1) is 13.2 Å². The molecule has 1 rings (SSSR count). The number of hydrogen-bond donors (Lipinski definition) is 1. The van der Waals surface area contributed by atoms with Crippen LogP contribution in [0.4, 0.5) is 0 Å². The smallest absolute Gasteiger partial charge is 0.119 e. The molecule has 0 amide bonds. The fraction of sp³-hybridized carbons (Fsp3) is 0.571. The van der Waals surface area contributed by atoms with Crippen molar-refractivity contribution >= 4 is 15.9 Å². The van der Waals surface area contributed by atoms with Crippen LogP contribution in [0.2, 0.25) is 0 Å². The monoisotopic (exact) mass is 316 g/mol. The Morgan fingerprint density at radius 3 is 2.67 bits per heavy atom. The number of aliphatic hydroxyl groups is 1. The second-order valence-corrected chi connectivity index (χ2v) is 5.47. The lowest BCUT2D eigenvalue weighted by atomic mass is 9.99. The number of methoxy groups -OCH3 is 2. The van der Waals surface area contributed by atoms with Gasteiger partial charge in [-0.25, -0.2) is 0 Å². The predicted molar refractivity (Wildman–Crippen MR) is 76.1 cm³/mol. The number of benzene rings is 1.